The highest BCUT2D eigenvalue weighted by atomic mass is 35.5. The van der Waals surface area contributed by atoms with Crippen LogP contribution < -0.4 is 10.1 Å². The molecule has 48 heavy (non-hydrogen) atoms. The fourth-order valence-electron chi connectivity index (χ4n) is 5.23. The maximum Gasteiger partial charge on any atom is 0.306 e. The fourth-order valence-corrected chi connectivity index (χ4v) is 5.23. The molecule has 0 fully saturated rings. The molecule has 3 rings (SSSR count). The number of carbonyl (C=O) groups excluding carboxylic acids is 1. The molecule has 1 aromatic carbocycles. The Hall–Kier alpha value is -3.00. The quantitative estimate of drug-likeness (QED) is 0.107. The van der Waals surface area contributed by atoms with E-state index in [2.05, 4.69) is 29.4 Å². The summed E-state index contributed by atoms with van der Waals surface area (Å²) in [5, 5.41) is 12.0. The lowest BCUT2D eigenvalue weighted by atomic mass is 9.94. The first-order valence-corrected chi connectivity index (χ1v) is 16.7. The van der Waals surface area contributed by atoms with Crippen molar-refractivity contribution in [3.8, 4) is 5.75 Å². The smallest absolute Gasteiger partial charge is 0.306 e. The number of aromatic nitrogens is 1. The van der Waals surface area contributed by atoms with Gasteiger partial charge in [-0.25, -0.2) is 4.98 Å². The number of methoxy groups -OCH3 is 1. The minimum atomic E-state index is -0.878. The Morgan fingerprint density at radius 3 is 2.31 bits per heavy atom. The van der Waals surface area contributed by atoms with Crippen molar-refractivity contribution in [3.63, 3.8) is 0 Å². The maximum absolute atomic E-state index is 12.3. The van der Waals surface area contributed by atoms with Crippen LogP contribution in [-0.4, -0.2) is 120 Å². The van der Waals surface area contributed by atoms with E-state index in [1.165, 1.54) is 19.1 Å². The highest BCUT2D eigenvalue weighted by Gasteiger charge is 2.19. The Bertz CT molecular complexity index is 1190. The number of nitrogens with one attached hydrogen (secondary N) is 1. The highest BCUT2D eigenvalue weighted by Crippen LogP contribution is 2.26. The minimum Gasteiger partial charge on any atom is -0.491 e. The normalized spacial score (nSPS) is 12.9. The molecular formula is C35H54ClN3O9. The number of anilines is 1. The van der Waals surface area contributed by atoms with Crippen LogP contribution in [0.4, 0.5) is 5.82 Å². The largest absolute Gasteiger partial charge is 0.491 e. The van der Waals surface area contributed by atoms with Crippen molar-refractivity contribution >= 4 is 30.2 Å². The summed E-state index contributed by atoms with van der Waals surface area (Å²) in [5.41, 5.74) is 3.49. The van der Waals surface area contributed by atoms with Crippen molar-refractivity contribution in [3.05, 3.63) is 53.2 Å². The standard InChI is InChI=1S/C35H53N3O9.ClH/c1-38(15-4-3-9-31-12-11-28-8-6-14-36-35(28)37-31)27-30(26-34(41)42-2)29-7-5-10-32(25-29)47-24-23-46-22-21-45-20-19-44-18-17-43-16-13-33(39)40;/h5,7,10-12,25,30H,3-4,6,8-9,13-24,26-27H2,1-2H3,(H,36,37)(H,39,40);1H/t30-;/m1./s1. The number of esters is 1. The number of carboxylic acid groups (broad SMARTS) is 1. The van der Waals surface area contributed by atoms with Crippen LogP contribution >= 0.6 is 12.4 Å². The summed E-state index contributed by atoms with van der Waals surface area (Å²) in [6.07, 6.45) is 5.61. The molecule has 0 aliphatic carbocycles. The van der Waals surface area contributed by atoms with Crippen LogP contribution in [0, 0.1) is 0 Å². The summed E-state index contributed by atoms with van der Waals surface area (Å²) in [5.74, 6) is 0.654. The number of aryl methyl sites for hydroxylation is 2. The maximum atomic E-state index is 12.3. The Kier molecular flexibility index (Phi) is 21.5. The number of pyridine rings is 1. The number of aliphatic carboxylic acids is 1. The molecule has 13 heteroatoms. The second kappa shape index (κ2) is 25.0. The van der Waals surface area contributed by atoms with Gasteiger partial charge in [0.05, 0.1) is 72.8 Å². The first-order valence-electron chi connectivity index (χ1n) is 16.7. The number of nitrogens with zero attached hydrogens (tertiary/aromatic N) is 2. The first-order chi connectivity index (χ1) is 22.9. The highest BCUT2D eigenvalue weighted by molar-refractivity contribution is 5.85. The van der Waals surface area contributed by atoms with E-state index in [0.29, 0.717) is 59.3 Å². The van der Waals surface area contributed by atoms with Gasteiger partial charge in [0.2, 0.25) is 0 Å². The number of benzene rings is 1. The topological polar surface area (TPSA) is 138 Å². The monoisotopic (exact) mass is 695 g/mol. The van der Waals surface area contributed by atoms with Crippen molar-refractivity contribution in [2.45, 2.75) is 50.9 Å². The Morgan fingerprint density at radius 2 is 1.62 bits per heavy atom. The zero-order valence-electron chi connectivity index (χ0n) is 28.5. The molecule has 0 amide bonds. The number of fused-ring (bicyclic) bond motifs is 1. The second-order valence-corrected chi connectivity index (χ2v) is 11.6. The van der Waals surface area contributed by atoms with Crippen molar-refractivity contribution < 1.29 is 43.1 Å². The van der Waals surface area contributed by atoms with E-state index in [0.717, 1.165) is 68.1 Å². The predicted octanol–water partition coefficient (Wildman–Crippen LogP) is 4.38. The van der Waals surface area contributed by atoms with E-state index in [1.54, 1.807) is 0 Å². The van der Waals surface area contributed by atoms with Crippen LogP contribution in [0.2, 0.25) is 0 Å². The van der Waals surface area contributed by atoms with Crippen LogP contribution in [0.3, 0.4) is 0 Å². The first kappa shape index (κ1) is 41.2. The van der Waals surface area contributed by atoms with Gasteiger partial charge < -0.3 is 43.7 Å². The number of likely N-dealkylation sites (N-methyl/N-ethyl adjacent to an activating group) is 1. The Balaban J connectivity index is 0.00000800. The summed E-state index contributed by atoms with van der Waals surface area (Å²) in [6.45, 7) is 6.16. The van der Waals surface area contributed by atoms with Gasteiger partial charge in [0.1, 0.15) is 18.2 Å². The summed E-state index contributed by atoms with van der Waals surface area (Å²) >= 11 is 0. The molecule has 2 heterocycles. The number of unbranched alkanes of at least 4 members (excludes halogenated alkanes) is 1. The van der Waals surface area contributed by atoms with Crippen LogP contribution in [0.25, 0.3) is 0 Å². The lowest BCUT2D eigenvalue weighted by Gasteiger charge is -2.24. The number of carboxylic acids is 1. The van der Waals surface area contributed by atoms with E-state index in [9.17, 15) is 9.59 Å². The molecule has 0 saturated heterocycles. The molecule has 0 unspecified atom stereocenters. The number of hydrogen-bond donors (Lipinski definition) is 2. The van der Waals surface area contributed by atoms with Crippen molar-refractivity contribution in [2.24, 2.45) is 0 Å². The Labute approximate surface area is 291 Å². The van der Waals surface area contributed by atoms with Gasteiger partial charge in [0.25, 0.3) is 0 Å². The van der Waals surface area contributed by atoms with Gasteiger partial charge in [0, 0.05) is 24.7 Å². The third-order valence-electron chi connectivity index (χ3n) is 7.75. The van der Waals surface area contributed by atoms with Gasteiger partial charge >= 0.3 is 11.9 Å². The van der Waals surface area contributed by atoms with E-state index in [4.69, 9.17) is 38.5 Å². The number of halogens is 1. The van der Waals surface area contributed by atoms with Crippen molar-refractivity contribution in [2.75, 3.05) is 98.6 Å². The van der Waals surface area contributed by atoms with E-state index in [1.807, 2.05) is 24.3 Å². The number of rotatable bonds is 26. The average molecular weight is 696 g/mol. The van der Waals surface area contributed by atoms with Gasteiger partial charge in [-0.1, -0.05) is 18.2 Å². The average Bonchev–Trinajstić information content (AvgIpc) is 3.08. The van der Waals surface area contributed by atoms with Gasteiger partial charge in [-0.15, -0.1) is 12.4 Å². The van der Waals surface area contributed by atoms with Gasteiger partial charge in [-0.2, -0.15) is 0 Å². The molecule has 0 saturated carbocycles. The zero-order chi connectivity index (χ0) is 33.5. The van der Waals surface area contributed by atoms with Crippen molar-refractivity contribution in [1.82, 2.24) is 9.88 Å². The van der Waals surface area contributed by atoms with Gasteiger partial charge in [-0.05, 0) is 75.0 Å². The number of hydrogen-bond acceptors (Lipinski definition) is 11. The lowest BCUT2D eigenvalue weighted by molar-refractivity contribution is -0.141. The Morgan fingerprint density at radius 1 is 0.938 bits per heavy atom. The predicted molar refractivity (Wildman–Crippen MR) is 186 cm³/mol. The summed E-state index contributed by atoms with van der Waals surface area (Å²) in [7, 11) is 3.53. The minimum absolute atomic E-state index is 0. The molecule has 0 spiro atoms. The third-order valence-corrected chi connectivity index (χ3v) is 7.75. The fraction of sp³-hybridized carbons (Fsp3) is 0.629. The van der Waals surface area contributed by atoms with Crippen LogP contribution in [-0.2, 0) is 46.1 Å². The molecule has 0 radical (unpaired) electrons. The molecule has 1 aliphatic heterocycles. The van der Waals surface area contributed by atoms with Gasteiger partial charge in [0.15, 0.2) is 0 Å². The van der Waals surface area contributed by atoms with E-state index in [-0.39, 0.29) is 37.3 Å². The summed E-state index contributed by atoms with van der Waals surface area (Å²) in [6, 6.07) is 12.3. The SMILES string of the molecule is COC(=O)C[C@H](CN(C)CCCCc1ccc2c(n1)NCCC2)c1cccc(OCCOCCOCCOCCOCCC(=O)O)c1.Cl. The molecule has 270 valence electrons. The molecule has 1 aromatic heterocycles. The number of carbonyl (C=O) groups is 2. The third kappa shape index (κ3) is 17.4. The summed E-state index contributed by atoms with van der Waals surface area (Å²) < 4.78 is 32.6. The lowest BCUT2D eigenvalue weighted by Crippen LogP contribution is -2.27. The molecule has 0 bridgehead atoms. The van der Waals surface area contributed by atoms with Crippen LogP contribution in [0.1, 0.15) is 54.8 Å². The van der Waals surface area contributed by atoms with E-state index < -0.39 is 5.97 Å². The molecule has 2 N–H and O–H groups in total. The van der Waals surface area contributed by atoms with Gasteiger partial charge in [-0.3, -0.25) is 9.59 Å². The second-order valence-electron chi connectivity index (χ2n) is 11.6. The van der Waals surface area contributed by atoms with E-state index >= 15 is 0 Å². The molecular weight excluding hydrogens is 642 g/mol. The van der Waals surface area contributed by atoms with Crippen LogP contribution in [0.5, 0.6) is 5.75 Å². The summed E-state index contributed by atoms with van der Waals surface area (Å²) in [4.78, 5) is 29.8. The van der Waals surface area contributed by atoms with Crippen LogP contribution in [0.15, 0.2) is 36.4 Å². The molecule has 1 atom stereocenters. The molecule has 2 aromatic rings. The zero-order valence-corrected chi connectivity index (χ0v) is 29.3. The number of ether oxygens (including phenoxy) is 6. The molecule has 1 aliphatic rings. The molecule has 12 nitrogen and oxygen atoms in total. The van der Waals surface area contributed by atoms with Crippen molar-refractivity contribution in [1.29, 1.82) is 0 Å².